The van der Waals surface area contributed by atoms with E-state index in [0.29, 0.717) is 0 Å². The average Bonchev–Trinajstić information content (AvgIpc) is 2.61. The topological polar surface area (TPSA) is 77.0 Å². The maximum absolute atomic E-state index is 5.56. The number of hydrazine groups is 1. The van der Waals surface area contributed by atoms with Crippen molar-refractivity contribution in [1.82, 2.24) is 15.4 Å². The third-order valence-corrected chi connectivity index (χ3v) is 2.44. The van der Waals surface area contributed by atoms with Gasteiger partial charge in [0, 0.05) is 18.0 Å². The van der Waals surface area contributed by atoms with Crippen LogP contribution in [0.25, 0.3) is 0 Å². The van der Waals surface area contributed by atoms with Crippen LogP contribution in [-0.4, -0.2) is 9.97 Å². The monoisotopic (exact) mass is 218 g/mol. The van der Waals surface area contributed by atoms with E-state index in [2.05, 4.69) is 15.4 Å². The molecule has 0 bridgehead atoms. The van der Waals surface area contributed by atoms with Crippen LogP contribution in [0, 0.1) is 13.8 Å². The maximum atomic E-state index is 5.56. The molecule has 5 nitrogen and oxygen atoms in total. The Morgan fingerprint density at radius 2 is 2.19 bits per heavy atom. The highest BCUT2D eigenvalue weighted by molar-refractivity contribution is 5.30. The Morgan fingerprint density at radius 1 is 1.38 bits per heavy atom. The predicted molar refractivity (Wildman–Crippen MR) is 59.4 cm³/mol. The van der Waals surface area contributed by atoms with Crippen molar-refractivity contribution < 1.29 is 4.42 Å². The van der Waals surface area contributed by atoms with Gasteiger partial charge < -0.3 is 4.42 Å². The van der Waals surface area contributed by atoms with Crippen molar-refractivity contribution in [3.8, 4) is 0 Å². The number of hydrogen-bond donors (Lipinski definition) is 2. The summed E-state index contributed by atoms with van der Waals surface area (Å²) in [6.07, 6.45) is 4.96. The van der Waals surface area contributed by atoms with Crippen LogP contribution in [0.3, 0.4) is 0 Å². The Morgan fingerprint density at radius 3 is 2.69 bits per heavy atom. The fourth-order valence-corrected chi connectivity index (χ4v) is 1.73. The Kier molecular flexibility index (Phi) is 2.98. The van der Waals surface area contributed by atoms with Crippen molar-refractivity contribution in [2.75, 3.05) is 0 Å². The van der Waals surface area contributed by atoms with E-state index in [1.165, 1.54) is 0 Å². The molecule has 16 heavy (non-hydrogen) atoms. The van der Waals surface area contributed by atoms with Crippen LogP contribution in [-0.2, 0) is 0 Å². The zero-order chi connectivity index (χ0) is 11.5. The van der Waals surface area contributed by atoms with Gasteiger partial charge in [-0.2, -0.15) is 0 Å². The van der Waals surface area contributed by atoms with Crippen LogP contribution in [0.5, 0.6) is 0 Å². The number of hydrogen-bond acceptors (Lipinski definition) is 5. The minimum atomic E-state index is -0.189. The summed E-state index contributed by atoms with van der Waals surface area (Å²) in [4.78, 5) is 8.26. The van der Waals surface area contributed by atoms with Gasteiger partial charge in [-0.05, 0) is 19.9 Å². The van der Waals surface area contributed by atoms with Gasteiger partial charge in [-0.25, -0.2) is 5.43 Å². The van der Waals surface area contributed by atoms with E-state index in [4.69, 9.17) is 10.3 Å². The molecule has 3 N–H and O–H groups in total. The third-order valence-electron chi connectivity index (χ3n) is 2.44. The number of nitrogens with zero attached hydrogens (tertiary/aromatic N) is 2. The van der Waals surface area contributed by atoms with Gasteiger partial charge in [-0.3, -0.25) is 15.8 Å². The Balaban J connectivity index is 2.40. The highest BCUT2D eigenvalue weighted by Crippen LogP contribution is 2.24. The Labute approximate surface area is 93.7 Å². The molecule has 2 heterocycles. The zero-order valence-electron chi connectivity index (χ0n) is 9.27. The maximum Gasteiger partial charge on any atom is 0.106 e. The lowest BCUT2D eigenvalue weighted by Crippen LogP contribution is -2.29. The van der Waals surface area contributed by atoms with Crippen LogP contribution in [0.15, 0.2) is 29.1 Å². The standard InChI is InChI=1S/C11H14N4O/c1-7-5-9(8(2)16-7)11(15-12)10-6-13-3-4-14-10/h3-6,11,15H,12H2,1-2H3. The van der Waals surface area contributed by atoms with Gasteiger partial charge in [-0.15, -0.1) is 0 Å². The van der Waals surface area contributed by atoms with E-state index < -0.39 is 0 Å². The van der Waals surface area contributed by atoms with Gasteiger partial charge in [0.2, 0.25) is 0 Å². The van der Waals surface area contributed by atoms with Crippen molar-refractivity contribution in [3.63, 3.8) is 0 Å². The molecule has 0 fully saturated rings. The van der Waals surface area contributed by atoms with Crippen molar-refractivity contribution in [1.29, 1.82) is 0 Å². The smallest absolute Gasteiger partial charge is 0.106 e. The number of rotatable bonds is 3. The molecular weight excluding hydrogens is 204 g/mol. The van der Waals surface area contributed by atoms with Crippen molar-refractivity contribution in [2.24, 2.45) is 5.84 Å². The second kappa shape index (κ2) is 4.42. The van der Waals surface area contributed by atoms with E-state index >= 15 is 0 Å². The Hall–Kier alpha value is -1.72. The first kappa shape index (κ1) is 10.8. The van der Waals surface area contributed by atoms with Crippen molar-refractivity contribution in [2.45, 2.75) is 19.9 Å². The minimum absolute atomic E-state index is 0.189. The van der Waals surface area contributed by atoms with Gasteiger partial charge in [0.05, 0.1) is 17.9 Å². The van der Waals surface area contributed by atoms with Crippen LogP contribution < -0.4 is 11.3 Å². The molecule has 2 rings (SSSR count). The first-order valence-electron chi connectivity index (χ1n) is 5.01. The van der Waals surface area contributed by atoms with Gasteiger partial charge in [0.1, 0.15) is 11.5 Å². The molecule has 2 aromatic heterocycles. The van der Waals surface area contributed by atoms with Crippen LogP contribution in [0.1, 0.15) is 28.8 Å². The number of aryl methyl sites for hydroxylation is 2. The molecule has 0 aromatic carbocycles. The van der Waals surface area contributed by atoms with Crippen molar-refractivity contribution in [3.05, 3.63) is 47.4 Å². The molecule has 5 heteroatoms. The number of nitrogens with two attached hydrogens (primary N) is 1. The van der Waals surface area contributed by atoms with E-state index in [1.807, 2.05) is 19.9 Å². The van der Waals surface area contributed by atoms with Gasteiger partial charge in [0.15, 0.2) is 0 Å². The molecule has 0 aliphatic rings. The summed E-state index contributed by atoms with van der Waals surface area (Å²) in [5.41, 5.74) is 4.49. The van der Waals surface area contributed by atoms with Gasteiger partial charge in [0.25, 0.3) is 0 Å². The zero-order valence-corrected chi connectivity index (χ0v) is 9.27. The van der Waals surface area contributed by atoms with E-state index in [1.54, 1.807) is 18.6 Å². The van der Waals surface area contributed by atoms with Crippen LogP contribution in [0.4, 0.5) is 0 Å². The summed E-state index contributed by atoms with van der Waals surface area (Å²) in [5.74, 6) is 7.25. The molecule has 1 unspecified atom stereocenters. The fraction of sp³-hybridized carbons (Fsp3) is 0.273. The third kappa shape index (κ3) is 1.95. The summed E-state index contributed by atoms with van der Waals surface area (Å²) in [5, 5.41) is 0. The van der Waals surface area contributed by atoms with Crippen LogP contribution in [0.2, 0.25) is 0 Å². The van der Waals surface area contributed by atoms with E-state index in [9.17, 15) is 0 Å². The fourth-order valence-electron chi connectivity index (χ4n) is 1.73. The van der Waals surface area contributed by atoms with E-state index in [-0.39, 0.29) is 6.04 Å². The second-order valence-corrected chi connectivity index (χ2v) is 3.60. The molecule has 84 valence electrons. The lowest BCUT2D eigenvalue weighted by molar-refractivity contribution is 0.494. The molecule has 0 aliphatic heterocycles. The van der Waals surface area contributed by atoms with Gasteiger partial charge >= 0.3 is 0 Å². The van der Waals surface area contributed by atoms with Crippen LogP contribution >= 0.6 is 0 Å². The molecule has 1 atom stereocenters. The summed E-state index contributed by atoms with van der Waals surface area (Å²) >= 11 is 0. The molecule has 0 saturated heterocycles. The summed E-state index contributed by atoms with van der Waals surface area (Å²) < 4.78 is 5.48. The molecule has 0 aliphatic carbocycles. The van der Waals surface area contributed by atoms with Crippen molar-refractivity contribution >= 4 is 0 Å². The second-order valence-electron chi connectivity index (χ2n) is 3.60. The molecule has 0 radical (unpaired) electrons. The molecular formula is C11H14N4O. The summed E-state index contributed by atoms with van der Waals surface area (Å²) in [6.45, 7) is 3.81. The Bertz CT molecular complexity index is 466. The molecule has 0 saturated carbocycles. The first-order valence-corrected chi connectivity index (χ1v) is 5.01. The molecule has 0 amide bonds. The summed E-state index contributed by atoms with van der Waals surface area (Å²) in [6, 6.07) is 1.76. The highest BCUT2D eigenvalue weighted by Gasteiger charge is 2.18. The first-order chi connectivity index (χ1) is 7.72. The molecule has 2 aromatic rings. The predicted octanol–water partition coefficient (Wildman–Crippen LogP) is 1.24. The average molecular weight is 218 g/mol. The SMILES string of the molecule is Cc1cc(C(NN)c2cnccn2)c(C)o1. The highest BCUT2D eigenvalue weighted by atomic mass is 16.3. The number of furan rings is 1. The lowest BCUT2D eigenvalue weighted by atomic mass is 10.1. The molecule has 0 spiro atoms. The number of aromatic nitrogens is 2. The largest absolute Gasteiger partial charge is 0.466 e. The normalized spacial score (nSPS) is 12.7. The lowest BCUT2D eigenvalue weighted by Gasteiger charge is -2.13. The minimum Gasteiger partial charge on any atom is -0.466 e. The van der Waals surface area contributed by atoms with Gasteiger partial charge in [-0.1, -0.05) is 0 Å². The quantitative estimate of drug-likeness (QED) is 0.598. The number of nitrogens with one attached hydrogen (secondary N) is 1. The summed E-state index contributed by atoms with van der Waals surface area (Å²) in [7, 11) is 0. The van der Waals surface area contributed by atoms with E-state index in [0.717, 1.165) is 22.8 Å².